The zero-order valence-corrected chi connectivity index (χ0v) is 11.5. The first-order chi connectivity index (χ1) is 8.86. The number of aryl methyl sites for hydroxylation is 1. The van der Waals surface area contributed by atoms with Gasteiger partial charge in [-0.15, -0.1) is 0 Å². The molecule has 18 heavy (non-hydrogen) atoms. The Morgan fingerprint density at radius 1 is 0.944 bits per heavy atom. The highest BCUT2D eigenvalue weighted by Crippen LogP contribution is 2.07. The van der Waals surface area contributed by atoms with Gasteiger partial charge in [0.15, 0.2) is 0 Å². The lowest BCUT2D eigenvalue weighted by Crippen LogP contribution is -2.30. The van der Waals surface area contributed by atoms with E-state index in [1.165, 1.54) is 30.4 Å². The van der Waals surface area contributed by atoms with Crippen LogP contribution in [0.4, 0.5) is 0 Å². The maximum Gasteiger partial charge on any atom is 0.0206 e. The molecule has 0 radical (unpaired) electrons. The highest BCUT2D eigenvalue weighted by atomic mass is 14.9. The predicted octanol–water partition coefficient (Wildman–Crippen LogP) is 1.67. The monoisotopic (exact) mass is 249 g/mol. The molecular weight excluding hydrogens is 222 g/mol. The van der Waals surface area contributed by atoms with Crippen LogP contribution in [0.2, 0.25) is 0 Å². The summed E-state index contributed by atoms with van der Waals surface area (Å²) in [4.78, 5) is 0. The van der Waals surface area contributed by atoms with E-state index in [-0.39, 0.29) is 0 Å². The number of nitrogens with one attached hydrogen (secondary N) is 2. The molecule has 0 spiro atoms. The summed E-state index contributed by atoms with van der Waals surface area (Å²) in [5.41, 5.74) is 8.21. The first-order valence-corrected chi connectivity index (χ1v) is 7.06. The van der Waals surface area contributed by atoms with Crippen molar-refractivity contribution in [2.24, 2.45) is 5.73 Å². The predicted molar refractivity (Wildman–Crippen MR) is 78.7 cm³/mol. The lowest BCUT2D eigenvalue weighted by atomic mass is 10.1. The number of hydrogen-bond donors (Lipinski definition) is 3. The topological polar surface area (TPSA) is 50.1 Å². The molecule has 0 saturated heterocycles. The third-order valence-electron chi connectivity index (χ3n) is 2.97. The Kier molecular flexibility index (Phi) is 8.47. The molecule has 0 atom stereocenters. The number of hydrogen-bond acceptors (Lipinski definition) is 3. The van der Waals surface area contributed by atoms with Crippen LogP contribution in [0.25, 0.3) is 0 Å². The van der Waals surface area contributed by atoms with Crippen molar-refractivity contribution in [1.82, 2.24) is 10.6 Å². The largest absolute Gasteiger partial charge is 0.329 e. The summed E-state index contributed by atoms with van der Waals surface area (Å²) >= 11 is 0. The Morgan fingerprint density at radius 3 is 2.28 bits per heavy atom. The molecule has 0 bridgehead atoms. The van der Waals surface area contributed by atoms with Crippen molar-refractivity contribution in [3.8, 4) is 0 Å². The van der Waals surface area contributed by atoms with Gasteiger partial charge in [0.25, 0.3) is 0 Å². The highest BCUT2D eigenvalue weighted by molar-refractivity contribution is 5.22. The second-order valence-corrected chi connectivity index (χ2v) is 4.64. The van der Waals surface area contributed by atoms with Gasteiger partial charge in [0.1, 0.15) is 0 Å². The van der Waals surface area contributed by atoms with Crippen LogP contribution in [0.15, 0.2) is 24.3 Å². The average molecular weight is 249 g/mol. The Balaban J connectivity index is 2.14. The first-order valence-electron chi connectivity index (χ1n) is 7.06. The second-order valence-electron chi connectivity index (χ2n) is 4.64. The molecule has 0 aliphatic heterocycles. The molecule has 3 heteroatoms. The van der Waals surface area contributed by atoms with Crippen molar-refractivity contribution in [2.45, 2.75) is 32.7 Å². The summed E-state index contributed by atoms with van der Waals surface area (Å²) < 4.78 is 0. The smallest absolute Gasteiger partial charge is 0.0206 e. The van der Waals surface area contributed by atoms with Gasteiger partial charge >= 0.3 is 0 Å². The van der Waals surface area contributed by atoms with Gasteiger partial charge in [-0.05, 0) is 24.0 Å². The molecule has 0 unspecified atom stereocenters. The van der Waals surface area contributed by atoms with Gasteiger partial charge in [0, 0.05) is 32.7 Å². The molecule has 0 aliphatic carbocycles. The van der Waals surface area contributed by atoms with E-state index in [2.05, 4.69) is 41.8 Å². The average Bonchev–Trinajstić information content (AvgIpc) is 2.42. The standard InChI is InChI=1S/C15H27N3/c1-2-3-4-14-5-7-15(8-6-14)13-18-12-11-17-10-9-16/h5-8,17-18H,2-4,9-13,16H2,1H3. The van der Waals surface area contributed by atoms with Crippen molar-refractivity contribution in [3.63, 3.8) is 0 Å². The molecule has 4 N–H and O–H groups in total. The van der Waals surface area contributed by atoms with Gasteiger partial charge in [-0.2, -0.15) is 0 Å². The number of benzene rings is 1. The van der Waals surface area contributed by atoms with Crippen LogP contribution in [0.5, 0.6) is 0 Å². The fraction of sp³-hybridized carbons (Fsp3) is 0.600. The van der Waals surface area contributed by atoms with E-state index in [4.69, 9.17) is 5.73 Å². The van der Waals surface area contributed by atoms with E-state index in [1.54, 1.807) is 0 Å². The van der Waals surface area contributed by atoms with Gasteiger partial charge in [-0.3, -0.25) is 0 Å². The van der Waals surface area contributed by atoms with E-state index in [0.717, 1.165) is 26.2 Å². The van der Waals surface area contributed by atoms with Crippen LogP contribution in [0.3, 0.4) is 0 Å². The van der Waals surface area contributed by atoms with Crippen LogP contribution in [0, 0.1) is 0 Å². The summed E-state index contributed by atoms with van der Waals surface area (Å²) in [7, 11) is 0. The maximum atomic E-state index is 5.40. The van der Waals surface area contributed by atoms with Crippen molar-refractivity contribution in [2.75, 3.05) is 26.2 Å². The van der Waals surface area contributed by atoms with Crippen LogP contribution in [-0.4, -0.2) is 26.2 Å². The van der Waals surface area contributed by atoms with Crippen molar-refractivity contribution in [3.05, 3.63) is 35.4 Å². The minimum absolute atomic E-state index is 0.708. The van der Waals surface area contributed by atoms with Crippen LogP contribution >= 0.6 is 0 Å². The van der Waals surface area contributed by atoms with E-state index in [1.807, 2.05) is 0 Å². The Bertz CT molecular complexity index is 295. The van der Waals surface area contributed by atoms with Crippen molar-refractivity contribution < 1.29 is 0 Å². The molecule has 0 fully saturated rings. The van der Waals surface area contributed by atoms with E-state index < -0.39 is 0 Å². The summed E-state index contributed by atoms with van der Waals surface area (Å²) in [6.45, 7) is 6.74. The van der Waals surface area contributed by atoms with Crippen molar-refractivity contribution in [1.29, 1.82) is 0 Å². The Hall–Kier alpha value is -0.900. The number of unbranched alkanes of at least 4 members (excludes halogenated alkanes) is 1. The minimum Gasteiger partial charge on any atom is -0.329 e. The van der Waals surface area contributed by atoms with Gasteiger partial charge in [0.2, 0.25) is 0 Å². The Morgan fingerprint density at radius 2 is 1.61 bits per heavy atom. The highest BCUT2D eigenvalue weighted by Gasteiger charge is 1.95. The SMILES string of the molecule is CCCCc1ccc(CNCCNCCN)cc1. The van der Waals surface area contributed by atoms with Crippen molar-refractivity contribution >= 4 is 0 Å². The molecular formula is C15H27N3. The molecule has 0 saturated carbocycles. The molecule has 0 aliphatic rings. The summed E-state index contributed by atoms with van der Waals surface area (Å²) in [5, 5.41) is 6.69. The summed E-state index contributed by atoms with van der Waals surface area (Å²) in [6.07, 6.45) is 3.75. The van der Waals surface area contributed by atoms with Gasteiger partial charge in [-0.1, -0.05) is 37.6 Å². The third-order valence-corrected chi connectivity index (χ3v) is 2.97. The van der Waals surface area contributed by atoms with Gasteiger partial charge < -0.3 is 16.4 Å². The fourth-order valence-corrected chi connectivity index (χ4v) is 1.84. The number of nitrogens with two attached hydrogens (primary N) is 1. The maximum absolute atomic E-state index is 5.40. The molecule has 1 rings (SSSR count). The van der Waals surface area contributed by atoms with Crippen LogP contribution < -0.4 is 16.4 Å². The molecule has 3 nitrogen and oxygen atoms in total. The molecule has 102 valence electrons. The number of rotatable bonds is 10. The normalized spacial score (nSPS) is 10.8. The van der Waals surface area contributed by atoms with E-state index in [0.29, 0.717) is 6.54 Å². The second kappa shape index (κ2) is 10.1. The lowest BCUT2D eigenvalue weighted by molar-refractivity contribution is 0.614. The van der Waals surface area contributed by atoms with Crippen LogP contribution in [0.1, 0.15) is 30.9 Å². The lowest BCUT2D eigenvalue weighted by Gasteiger charge is -2.07. The minimum atomic E-state index is 0.708. The molecule has 0 aromatic heterocycles. The third kappa shape index (κ3) is 6.74. The summed E-state index contributed by atoms with van der Waals surface area (Å²) in [5.74, 6) is 0. The molecule has 0 amide bonds. The quantitative estimate of drug-likeness (QED) is 0.553. The molecule has 1 aromatic carbocycles. The van der Waals surface area contributed by atoms with Gasteiger partial charge in [0.05, 0.1) is 0 Å². The summed E-state index contributed by atoms with van der Waals surface area (Å²) in [6, 6.07) is 8.95. The Labute approximate surface area is 111 Å². The van der Waals surface area contributed by atoms with E-state index in [9.17, 15) is 0 Å². The fourth-order valence-electron chi connectivity index (χ4n) is 1.84. The van der Waals surface area contributed by atoms with Crippen LogP contribution in [-0.2, 0) is 13.0 Å². The van der Waals surface area contributed by atoms with Gasteiger partial charge in [-0.25, -0.2) is 0 Å². The molecule has 1 aromatic rings. The first kappa shape index (κ1) is 15.2. The molecule has 0 heterocycles. The zero-order chi connectivity index (χ0) is 13.1. The van der Waals surface area contributed by atoms with E-state index >= 15 is 0 Å². The zero-order valence-electron chi connectivity index (χ0n) is 11.5.